The molecule has 5 nitrogen and oxygen atoms in total. The van der Waals surface area contributed by atoms with Crippen LogP contribution in [0.3, 0.4) is 0 Å². The van der Waals surface area contributed by atoms with Crippen molar-refractivity contribution in [3.63, 3.8) is 0 Å². The molecule has 5 heteroatoms. The van der Waals surface area contributed by atoms with E-state index in [1.165, 1.54) is 87.2 Å². The number of furan rings is 2. The number of hydrogen-bond acceptors (Lipinski definition) is 3. The molecule has 0 aliphatic rings. The molecule has 4 heterocycles. The van der Waals surface area contributed by atoms with Gasteiger partial charge in [-0.3, -0.25) is 0 Å². The fraction of sp³-hybridized carbons (Fsp3) is 0.0337. The van der Waals surface area contributed by atoms with Crippen LogP contribution < -0.4 is 4.90 Å². The highest BCUT2D eigenvalue weighted by Crippen LogP contribution is 2.47. The van der Waals surface area contributed by atoms with E-state index in [2.05, 4.69) is 324 Å². The molecule has 2 atom stereocenters. The fourth-order valence-electron chi connectivity index (χ4n) is 15.3. The molecule has 0 spiro atoms. The number of fused-ring (bicyclic) bond motifs is 14. The van der Waals surface area contributed by atoms with E-state index in [0.29, 0.717) is 0 Å². The van der Waals surface area contributed by atoms with Crippen LogP contribution in [0.15, 0.2) is 336 Å². The summed E-state index contributed by atoms with van der Waals surface area (Å²) in [6.07, 6.45) is 0. The third-order valence-electron chi connectivity index (χ3n) is 19.8. The van der Waals surface area contributed by atoms with Gasteiger partial charge in [-0.25, -0.2) is 0 Å². The van der Waals surface area contributed by atoms with Crippen LogP contribution in [0.1, 0.15) is 35.4 Å². The number of aromatic nitrogens is 2. The van der Waals surface area contributed by atoms with Crippen LogP contribution in [0.4, 0.5) is 17.1 Å². The van der Waals surface area contributed by atoms with E-state index >= 15 is 0 Å². The lowest BCUT2D eigenvalue weighted by Crippen LogP contribution is -2.10. The van der Waals surface area contributed by atoms with Gasteiger partial charge in [0.1, 0.15) is 22.7 Å². The smallest absolute Gasteiger partial charge is 0.135 e. The van der Waals surface area contributed by atoms with Crippen molar-refractivity contribution in [1.29, 1.82) is 0 Å². The molecule has 15 aromatic carbocycles. The molecular weight excluding hydrogens is 1140 g/mol. The van der Waals surface area contributed by atoms with E-state index in [1.807, 2.05) is 24.3 Å². The van der Waals surface area contributed by atoms with Crippen LogP contribution >= 0.6 is 0 Å². The summed E-state index contributed by atoms with van der Waals surface area (Å²) < 4.78 is 17.6. The largest absolute Gasteiger partial charge is 0.456 e. The van der Waals surface area contributed by atoms with Gasteiger partial charge in [0.2, 0.25) is 0 Å². The van der Waals surface area contributed by atoms with Crippen LogP contribution in [-0.2, 0) is 0 Å². The van der Waals surface area contributed by atoms with Gasteiger partial charge < -0.3 is 22.9 Å². The van der Waals surface area contributed by atoms with Gasteiger partial charge in [0.15, 0.2) is 0 Å². The highest BCUT2D eigenvalue weighted by Gasteiger charge is 2.27. The zero-order chi connectivity index (χ0) is 62.0. The molecule has 442 valence electrons. The van der Waals surface area contributed by atoms with E-state index in [9.17, 15) is 0 Å². The van der Waals surface area contributed by atoms with Gasteiger partial charge in [0, 0.05) is 88.6 Å². The quantitative estimate of drug-likeness (QED) is 0.130. The monoisotopic (exact) mass is 1200 g/mol. The van der Waals surface area contributed by atoms with Gasteiger partial charge in [0.25, 0.3) is 0 Å². The standard InChI is InChI=1S/C89H59N3O2/c1-56(87(57-18-6-2-7-19-57)69-35-32-59-47-67(33-30-60(59)49-69)85-52-65-20-14-16-28-83(65)93-85)58-37-42-75-63(46-58)38-43-77-79-54-82-80(55-81(79)91(88(75)77)71-24-10-4-11-25-71)78-44-39-64-51-74(41-45-76(64)89(78)92(82)72-26-12-5-13-27-72)90(70-22-8-3-9-23-70)73-40-36-61-48-68(34-31-62(61)50-73)86-53-66-21-15-17-29-84(66)94-86/h2-56,87H,1H3. The number of nitrogens with zero attached hydrogens (tertiary/aromatic N) is 3. The molecule has 0 N–H and O–H groups in total. The molecule has 4 aromatic heterocycles. The Morgan fingerprint density at radius 3 is 1.27 bits per heavy atom. The van der Waals surface area contributed by atoms with Gasteiger partial charge >= 0.3 is 0 Å². The third-order valence-corrected chi connectivity index (χ3v) is 19.8. The number of benzene rings is 15. The molecule has 0 fully saturated rings. The van der Waals surface area contributed by atoms with E-state index < -0.39 is 0 Å². The SMILES string of the molecule is CC(c1ccc2c(ccc3c4cc5c(cc4n(-c4ccccc4)c23)c2ccc3cc(N(c4ccccc4)c4ccc6cc(-c7cc8ccccc8o7)ccc6c4)ccc3c2n5-c2ccccc2)c1)C(c1ccccc1)c1ccc2cc(-c3cc4ccccc4o3)ccc2c1. The molecule has 0 bridgehead atoms. The van der Waals surface area contributed by atoms with Gasteiger partial charge in [0.05, 0.1) is 22.1 Å². The molecule has 19 rings (SSSR count). The van der Waals surface area contributed by atoms with Crippen molar-refractivity contribution in [2.24, 2.45) is 0 Å². The molecule has 19 aromatic rings. The minimum absolute atomic E-state index is 0.111. The Labute approximate surface area is 542 Å². The zero-order valence-electron chi connectivity index (χ0n) is 51.5. The normalized spacial score (nSPS) is 12.6. The first kappa shape index (κ1) is 53.6. The number of para-hydroxylation sites is 5. The summed E-state index contributed by atoms with van der Waals surface area (Å²) in [5.74, 6) is 2.02. The molecule has 0 radical (unpaired) electrons. The Kier molecular flexibility index (Phi) is 12.3. The maximum absolute atomic E-state index is 6.30. The summed E-state index contributed by atoms with van der Waals surface area (Å²) in [5, 5.41) is 16.6. The molecule has 0 saturated carbocycles. The summed E-state index contributed by atoms with van der Waals surface area (Å²) in [5.41, 5.74) is 18.1. The minimum Gasteiger partial charge on any atom is -0.456 e. The van der Waals surface area contributed by atoms with Gasteiger partial charge in [-0.2, -0.15) is 0 Å². The van der Waals surface area contributed by atoms with Crippen molar-refractivity contribution in [3.8, 4) is 34.0 Å². The average Bonchev–Trinajstić information content (AvgIpc) is 1.54. The van der Waals surface area contributed by atoms with Crippen LogP contribution in [-0.4, -0.2) is 9.13 Å². The van der Waals surface area contributed by atoms with Crippen LogP contribution in [0, 0.1) is 0 Å². The minimum atomic E-state index is 0.111. The molecule has 0 saturated heterocycles. The van der Waals surface area contributed by atoms with Gasteiger partial charge in [-0.05, 0) is 164 Å². The molecule has 0 aliphatic heterocycles. The summed E-state index contributed by atoms with van der Waals surface area (Å²) in [4.78, 5) is 2.38. The summed E-state index contributed by atoms with van der Waals surface area (Å²) >= 11 is 0. The van der Waals surface area contributed by atoms with Crippen LogP contribution in [0.2, 0.25) is 0 Å². The summed E-state index contributed by atoms with van der Waals surface area (Å²) in [7, 11) is 0. The topological polar surface area (TPSA) is 39.4 Å². The Morgan fingerprint density at radius 1 is 0.277 bits per heavy atom. The van der Waals surface area contributed by atoms with Gasteiger partial charge in [-0.1, -0.05) is 225 Å². The second-order valence-corrected chi connectivity index (χ2v) is 25.3. The zero-order valence-corrected chi connectivity index (χ0v) is 51.5. The molecule has 0 amide bonds. The fourth-order valence-corrected chi connectivity index (χ4v) is 15.3. The molecule has 2 unspecified atom stereocenters. The van der Waals surface area contributed by atoms with Crippen molar-refractivity contribution in [2.45, 2.75) is 18.8 Å². The van der Waals surface area contributed by atoms with E-state index in [-0.39, 0.29) is 11.8 Å². The number of rotatable bonds is 11. The number of anilines is 3. The maximum Gasteiger partial charge on any atom is 0.135 e. The predicted molar refractivity (Wildman–Crippen MR) is 393 cm³/mol. The Hall–Kier alpha value is -12.2. The maximum atomic E-state index is 6.30. The van der Waals surface area contributed by atoms with E-state index in [1.54, 1.807) is 0 Å². The molecular formula is C89H59N3O2. The summed E-state index contributed by atoms with van der Waals surface area (Å²) in [6.45, 7) is 2.40. The lowest BCUT2D eigenvalue weighted by molar-refractivity contribution is 0.631. The highest BCUT2D eigenvalue weighted by atomic mass is 16.3. The van der Waals surface area contributed by atoms with Crippen molar-refractivity contribution < 1.29 is 8.83 Å². The number of hydrogen-bond donors (Lipinski definition) is 0. The predicted octanol–water partition coefficient (Wildman–Crippen LogP) is 24.7. The van der Waals surface area contributed by atoms with Crippen molar-refractivity contribution >= 4 is 126 Å². The highest BCUT2D eigenvalue weighted by molar-refractivity contribution is 6.25. The van der Waals surface area contributed by atoms with Crippen molar-refractivity contribution in [2.75, 3.05) is 4.90 Å². The first-order valence-corrected chi connectivity index (χ1v) is 32.5. The lowest BCUT2D eigenvalue weighted by atomic mass is 9.77. The van der Waals surface area contributed by atoms with Crippen LogP contribution in [0.25, 0.3) is 143 Å². The Bertz CT molecular complexity index is 6130. The van der Waals surface area contributed by atoms with E-state index in [0.717, 1.165) is 89.2 Å². The average molecular weight is 1200 g/mol. The van der Waals surface area contributed by atoms with Crippen molar-refractivity contribution in [1.82, 2.24) is 9.13 Å². The first-order valence-electron chi connectivity index (χ1n) is 32.5. The second-order valence-electron chi connectivity index (χ2n) is 25.3. The Balaban J connectivity index is 0.729. The Morgan fingerprint density at radius 2 is 0.691 bits per heavy atom. The molecule has 94 heavy (non-hydrogen) atoms. The molecule has 0 aliphatic carbocycles. The van der Waals surface area contributed by atoms with Crippen molar-refractivity contribution in [3.05, 3.63) is 344 Å². The van der Waals surface area contributed by atoms with Crippen LogP contribution in [0.5, 0.6) is 0 Å². The van der Waals surface area contributed by atoms with Gasteiger partial charge in [-0.15, -0.1) is 0 Å². The second kappa shape index (κ2) is 21.5. The van der Waals surface area contributed by atoms with E-state index in [4.69, 9.17) is 8.83 Å². The first-order chi connectivity index (χ1) is 46.5. The summed E-state index contributed by atoms with van der Waals surface area (Å²) in [6, 6.07) is 120. The lowest BCUT2D eigenvalue weighted by Gasteiger charge is -2.26. The third kappa shape index (κ3) is 8.77.